The van der Waals surface area contributed by atoms with Gasteiger partial charge in [0.15, 0.2) is 0 Å². The number of aromatic nitrogens is 2. The monoisotopic (exact) mass is 312 g/mol. The second-order valence-electron chi connectivity index (χ2n) is 4.89. The second-order valence-corrected chi connectivity index (χ2v) is 6.57. The molecule has 1 aromatic carbocycles. The van der Waals surface area contributed by atoms with Gasteiger partial charge in [0.05, 0.1) is 6.54 Å². The SMILES string of the molecule is Cc1cc(F)c(S(=O)(=O)NC(C)Cn2cccn2)cc1N. The van der Waals surface area contributed by atoms with E-state index < -0.39 is 26.8 Å². The van der Waals surface area contributed by atoms with Crippen LogP contribution in [-0.2, 0) is 16.6 Å². The van der Waals surface area contributed by atoms with E-state index in [0.717, 1.165) is 12.1 Å². The molecular weight excluding hydrogens is 295 g/mol. The van der Waals surface area contributed by atoms with Crippen molar-refractivity contribution < 1.29 is 12.8 Å². The highest BCUT2D eigenvalue weighted by atomic mass is 32.2. The topological polar surface area (TPSA) is 90.0 Å². The van der Waals surface area contributed by atoms with Crippen molar-refractivity contribution in [2.45, 2.75) is 31.3 Å². The zero-order chi connectivity index (χ0) is 15.6. The number of nitrogens with one attached hydrogen (secondary N) is 1. The van der Waals surface area contributed by atoms with Crippen molar-refractivity contribution in [2.24, 2.45) is 0 Å². The summed E-state index contributed by atoms with van der Waals surface area (Å²) in [6.45, 7) is 3.63. The fourth-order valence-electron chi connectivity index (χ4n) is 1.93. The predicted octanol–water partition coefficient (Wildman–Crippen LogP) is 1.28. The number of halogens is 1. The summed E-state index contributed by atoms with van der Waals surface area (Å²) in [5.74, 6) is -0.819. The first kappa shape index (κ1) is 15.5. The Morgan fingerprint density at radius 3 is 2.81 bits per heavy atom. The van der Waals surface area contributed by atoms with Crippen molar-refractivity contribution in [2.75, 3.05) is 5.73 Å². The Morgan fingerprint density at radius 2 is 2.19 bits per heavy atom. The maximum absolute atomic E-state index is 13.9. The van der Waals surface area contributed by atoms with Crippen LogP contribution < -0.4 is 10.5 Å². The lowest BCUT2D eigenvalue weighted by Gasteiger charge is -2.15. The van der Waals surface area contributed by atoms with Gasteiger partial charge in [-0.05, 0) is 37.6 Å². The van der Waals surface area contributed by atoms with Gasteiger partial charge in [-0.15, -0.1) is 0 Å². The quantitative estimate of drug-likeness (QED) is 0.814. The van der Waals surface area contributed by atoms with Crippen molar-refractivity contribution in [1.29, 1.82) is 0 Å². The number of nitrogens with zero attached hydrogens (tertiary/aromatic N) is 2. The van der Waals surface area contributed by atoms with E-state index in [4.69, 9.17) is 5.73 Å². The van der Waals surface area contributed by atoms with E-state index in [-0.39, 0.29) is 5.69 Å². The molecular formula is C13H17FN4O2S. The van der Waals surface area contributed by atoms with Gasteiger partial charge in [-0.1, -0.05) is 0 Å². The van der Waals surface area contributed by atoms with E-state index in [0.29, 0.717) is 12.1 Å². The molecule has 1 heterocycles. The molecule has 2 rings (SSSR count). The van der Waals surface area contributed by atoms with Crippen LogP contribution in [-0.4, -0.2) is 24.2 Å². The van der Waals surface area contributed by atoms with Crippen molar-refractivity contribution in [1.82, 2.24) is 14.5 Å². The minimum atomic E-state index is -3.98. The Kier molecular flexibility index (Phi) is 4.29. The third-order valence-electron chi connectivity index (χ3n) is 2.99. The van der Waals surface area contributed by atoms with E-state index in [1.807, 2.05) is 0 Å². The summed E-state index contributed by atoms with van der Waals surface area (Å²) in [6.07, 6.45) is 3.32. The lowest BCUT2D eigenvalue weighted by atomic mass is 10.2. The molecule has 2 aromatic rings. The molecule has 0 spiro atoms. The van der Waals surface area contributed by atoms with Crippen LogP contribution in [0.15, 0.2) is 35.5 Å². The van der Waals surface area contributed by atoms with Gasteiger partial charge in [0, 0.05) is 24.1 Å². The van der Waals surface area contributed by atoms with Gasteiger partial charge in [-0.3, -0.25) is 4.68 Å². The molecule has 1 atom stereocenters. The Bertz CT molecular complexity index is 729. The van der Waals surface area contributed by atoms with Crippen LogP contribution in [0, 0.1) is 12.7 Å². The molecule has 1 unspecified atom stereocenters. The van der Waals surface area contributed by atoms with Crippen molar-refractivity contribution in [3.05, 3.63) is 42.0 Å². The molecule has 6 nitrogen and oxygen atoms in total. The lowest BCUT2D eigenvalue weighted by molar-refractivity contribution is 0.490. The number of nitrogens with two attached hydrogens (primary N) is 1. The largest absolute Gasteiger partial charge is 0.398 e. The molecule has 0 aliphatic carbocycles. The minimum Gasteiger partial charge on any atom is -0.398 e. The minimum absolute atomic E-state index is 0.233. The number of benzene rings is 1. The Morgan fingerprint density at radius 1 is 1.48 bits per heavy atom. The zero-order valence-corrected chi connectivity index (χ0v) is 12.6. The van der Waals surface area contributed by atoms with E-state index in [9.17, 15) is 12.8 Å². The third-order valence-corrected chi connectivity index (χ3v) is 4.59. The van der Waals surface area contributed by atoms with E-state index in [1.165, 1.54) is 0 Å². The van der Waals surface area contributed by atoms with Gasteiger partial charge < -0.3 is 5.73 Å². The Hall–Kier alpha value is -1.93. The van der Waals surface area contributed by atoms with Gasteiger partial charge in [0.1, 0.15) is 10.7 Å². The smallest absolute Gasteiger partial charge is 0.243 e. The highest BCUT2D eigenvalue weighted by Crippen LogP contribution is 2.21. The fourth-order valence-corrected chi connectivity index (χ4v) is 3.26. The average molecular weight is 312 g/mol. The number of rotatable bonds is 5. The van der Waals surface area contributed by atoms with Gasteiger partial charge in [-0.25, -0.2) is 17.5 Å². The molecule has 0 radical (unpaired) electrons. The predicted molar refractivity (Wildman–Crippen MR) is 77.6 cm³/mol. The van der Waals surface area contributed by atoms with Crippen molar-refractivity contribution in [3.63, 3.8) is 0 Å². The number of sulfonamides is 1. The van der Waals surface area contributed by atoms with Gasteiger partial charge >= 0.3 is 0 Å². The van der Waals surface area contributed by atoms with Crippen molar-refractivity contribution in [3.8, 4) is 0 Å². The van der Waals surface area contributed by atoms with E-state index >= 15 is 0 Å². The first-order valence-electron chi connectivity index (χ1n) is 6.35. The van der Waals surface area contributed by atoms with Crippen LogP contribution in [0.2, 0.25) is 0 Å². The number of aryl methyl sites for hydroxylation is 1. The lowest BCUT2D eigenvalue weighted by Crippen LogP contribution is -2.36. The average Bonchev–Trinajstić information content (AvgIpc) is 2.85. The molecule has 0 saturated heterocycles. The van der Waals surface area contributed by atoms with Crippen LogP contribution >= 0.6 is 0 Å². The van der Waals surface area contributed by atoms with Gasteiger partial charge in [0.2, 0.25) is 10.0 Å². The summed E-state index contributed by atoms with van der Waals surface area (Å²) < 4.78 is 42.3. The zero-order valence-electron chi connectivity index (χ0n) is 11.7. The molecule has 0 saturated carbocycles. The van der Waals surface area contributed by atoms with E-state index in [2.05, 4.69) is 9.82 Å². The standard InChI is InChI=1S/C13H17FN4O2S/c1-9-6-11(14)13(7-12(9)15)21(19,20)17-10(2)8-18-5-3-4-16-18/h3-7,10,17H,8,15H2,1-2H3. The van der Waals surface area contributed by atoms with Crippen LogP contribution in [0.3, 0.4) is 0 Å². The van der Waals surface area contributed by atoms with E-state index in [1.54, 1.807) is 37.0 Å². The Labute approximate surface area is 122 Å². The summed E-state index contributed by atoms with van der Waals surface area (Å²) >= 11 is 0. The molecule has 8 heteroatoms. The number of anilines is 1. The molecule has 0 aliphatic heterocycles. The van der Waals surface area contributed by atoms with Crippen LogP contribution in [0.25, 0.3) is 0 Å². The molecule has 114 valence electrons. The summed E-state index contributed by atoms with van der Waals surface area (Å²) in [5, 5.41) is 3.99. The number of nitrogen functional groups attached to an aromatic ring is 1. The Balaban J connectivity index is 2.20. The highest BCUT2D eigenvalue weighted by Gasteiger charge is 2.22. The fraction of sp³-hybridized carbons (Fsp3) is 0.308. The van der Waals surface area contributed by atoms with Crippen LogP contribution in [0.1, 0.15) is 12.5 Å². The summed E-state index contributed by atoms with van der Waals surface area (Å²) in [7, 11) is -3.98. The number of hydrogen-bond donors (Lipinski definition) is 2. The summed E-state index contributed by atoms with van der Waals surface area (Å²) in [5.41, 5.74) is 6.38. The van der Waals surface area contributed by atoms with Crippen LogP contribution in [0.5, 0.6) is 0 Å². The maximum atomic E-state index is 13.9. The molecule has 3 N–H and O–H groups in total. The highest BCUT2D eigenvalue weighted by molar-refractivity contribution is 7.89. The van der Waals surface area contributed by atoms with Crippen molar-refractivity contribution >= 4 is 15.7 Å². The summed E-state index contributed by atoms with van der Waals surface area (Å²) in [6, 6.07) is 3.54. The molecule has 0 bridgehead atoms. The molecule has 0 aliphatic rings. The molecule has 1 aromatic heterocycles. The first-order chi connectivity index (χ1) is 9.79. The number of hydrogen-bond acceptors (Lipinski definition) is 4. The summed E-state index contributed by atoms with van der Waals surface area (Å²) in [4.78, 5) is -0.446. The molecule has 0 fully saturated rings. The third kappa shape index (κ3) is 3.59. The second kappa shape index (κ2) is 5.82. The van der Waals surface area contributed by atoms with Crippen LogP contribution in [0.4, 0.5) is 10.1 Å². The van der Waals surface area contributed by atoms with Gasteiger partial charge in [0.25, 0.3) is 0 Å². The normalized spacial score (nSPS) is 13.3. The molecule has 0 amide bonds. The first-order valence-corrected chi connectivity index (χ1v) is 7.83. The molecule has 21 heavy (non-hydrogen) atoms. The maximum Gasteiger partial charge on any atom is 0.243 e. The van der Waals surface area contributed by atoms with Gasteiger partial charge in [-0.2, -0.15) is 5.10 Å².